The number of rotatable bonds is 3. The van der Waals surface area contributed by atoms with E-state index >= 15 is 0 Å². The zero-order valence-corrected chi connectivity index (χ0v) is 15.7. The quantitative estimate of drug-likeness (QED) is 0.698. The zero-order valence-electron chi connectivity index (χ0n) is 15.7. The molecule has 2 aliphatic heterocycles. The van der Waals surface area contributed by atoms with E-state index < -0.39 is 47.7 Å². The SMILES string of the molecule is O=C([C@@H]1CCCc2nn(Cc3ccnc(C(F)(F)F)c3F)c(=O)n21)N1CC[C@H](F)C1. The first-order chi connectivity index (χ1) is 14.2. The predicted molar refractivity (Wildman–Crippen MR) is 92.9 cm³/mol. The van der Waals surface area contributed by atoms with Crippen LogP contribution in [0.2, 0.25) is 0 Å². The standard InChI is InChI=1S/C18H18F5N5O2/c19-11-5-7-26(9-11)16(29)12-2-1-3-13-25-27(17(30)28(12)13)8-10-4-6-24-15(14(10)20)18(21,22)23/h4,6,11-12H,1-3,5,7-9H2/t11-,12-/m0/s1. The highest BCUT2D eigenvalue weighted by Gasteiger charge is 2.38. The Morgan fingerprint density at radius 2 is 2.03 bits per heavy atom. The summed E-state index contributed by atoms with van der Waals surface area (Å²) in [6.45, 7) is -0.305. The number of alkyl halides is 4. The first kappa shape index (κ1) is 20.5. The zero-order chi connectivity index (χ0) is 21.6. The Bertz CT molecular complexity index is 1030. The van der Waals surface area contributed by atoms with Crippen LogP contribution in [-0.4, -0.2) is 49.4 Å². The van der Waals surface area contributed by atoms with Gasteiger partial charge in [-0.15, -0.1) is 0 Å². The fraction of sp³-hybridized carbons (Fsp3) is 0.556. The second-order valence-electron chi connectivity index (χ2n) is 7.44. The topological polar surface area (TPSA) is 73.0 Å². The van der Waals surface area contributed by atoms with Crippen LogP contribution >= 0.6 is 0 Å². The molecule has 7 nitrogen and oxygen atoms in total. The maximum Gasteiger partial charge on any atom is 0.436 e. The molecule has 2 atom stereocenters. The first-order valence-corrected chi connectivity index (χ1v) is 9.48. The minimum atomic E-state index is -4.97. The minimum Gasteiger partial charge on any atom is -0.338 e. The molecule has 0 unspecified atom stereocenters. The molecule has 162 valence electrons. The number of pyridine rings is 1. The lowest BCUT2D eigenvalue weighted by atomic mass is 10.0. The summed E-state index contributed by atoms with van der Waals surface area (Å²) in [6.07, 6.45) is -3.69. The molecular weight excluding hydrogens is 413 g/mol. The lowest BCUT2D eigenvalue weighted by Crippen LogP contribution is -2.41. The van der Waals surface area contributed by atoms with Crippen LogP contribution in [0.1, 0.15) is 42.4 Å². The van der Waals surface area contributed by atoms with Gasteiger partial charge in [0.1, 0.15) is 18.0 Å². The van der Waals surface area contributed by atoms with E-state index in [-0.39, 0.29) is 25.4 Å². The Labute approximate surface area is 167 Å². The van der Waals surface area contributed by atoms with Gasteiger partial charge in [0.15, 0.2) is 11.5 Å². The van der Waals surface area contributed by atoms with Gasteiger partial charge >= 0.3 is 11.9 Å². The van der Waals surface area contributed by atoms with Gasteiger partial charge in [-0.05, 0) is 25.3 Å². The summed E-state index contributed by atoms with van der Waals surface area (Å²) in [7, 11) is 0. The second-order valence-corrected chi connectivity index (χ2v) is 7.44. The van der Waals surface area contributed by atoms with Crippen LogP contribution in [0, 0.1) is 5.82 Å². The van der Waals surface area contributed by atoms with Crippen LogP contribution in [0.3, 0.4) is 0 Å². The molecular formula is C18H18F5N5O2. The number of aromatic nitrogens is 4. The van der Waals surface area contributed by atoms with Crippen molar-refractivity contribution in [3.63, 3.8) is 0 Å². The number of nitrogens with zero attached hydrogens (tertiary/aromatic N) is 5. The van der Waals surface area contributed by atoms with E-state index in [9.17, 15) is 31.5 Å². The number of fused-ring (bicyclic) bond motifs is 1. The number of amides is 1. The Morgan fingerprint density at radius 3 is 2.70 bits per heavy atom. The molecule has 1 saturated heterocycles. The highest BCUT2D eigenvalue weighted by molar-refractivity contribution is 5.81. The number of likely N-dealkylation sites (tertiary alicyclic amines) is 1. The van der Waals surface area contributed by atoms with Gasteiger partial charge < -0.3 is 4.90 Å². The molecule has 0 bridgehead atoms. The molecule has 4 heterocycles. The molecule has 2 aromatic rings. The van der Waals surface area contributed by atoms with Crippen molar-refractivity contribution in [2.75, 3.05) is 13.1 Å². The van der Waals surface area contributed by atoms with Crippen LogP contribution in [0.25, 0.3) is 0 Å². The average molecular weight is 431 g/mol. The molecule has 1 amide bonds. The third-order valence-electron chi connectivity index (χ3n) is 5.42. The number of hydrogen-bond acceptors (Lipinski definition) is 4. The molecule has 0 aliphatic carbocycles. The molecule has 0 aromatic carbocycles. The highest BCUT2D eigenvalue weighted by Crippen LogP contribution is 2.31. The smallest absolute Gasteiger partial charge is 0.338 e. The van der Waals surface area contributed by atoms with Gasteiger partial charge in [-0.1, -0.05) is 0 Å². The highest BCUT2D eigenvalue weighted by atomic mass is 19.4. The van der Waals surface area contributed by atoms with E-state index in [4.69, 9.17) is 0 Å². The molecule has 12 heteroatoms. The molecule has 0 spiro atoms. The molecule has 1 fully saturated rings. The van der Waals surface area contributed by atoms with Gasteiger partial charge in [0.2, 0.25) is 5.91 Å². The maximum absolute atomic E-state index is 14.3. The molecule has 2 aliphatic rings. The van der Waals surface area contributed by atoms with Crippen molar-refractivity contribution >= 4 is 5.91 Å². The lowest BCUT2D eigenvalue weighted by molar-refractivity contribution is -0.143. The summed E-state index contributed by atoms with van der Waals surface area (Å²) < 4.78 is 68.5. The number of halogens is 5. The summed E-state index contributed by atoms with van der Waals surface area (Å²) >= 11 is 0. The van der Waals surface area contributed by atoms with E-state index in [1.807, 2.05) is 0 Å². The molecule has 2 aromatic heterocycles. The Balaban J connectivity index is 1.65. The first-order valence-electron chi connectivity index (χ1n) is 9.48. The van der Waals surface area contributed by atoms with Gasteiger partial charge in [0.05, 0.1) is 13.1 Å². The second kappa shape index (κ2) is 7.47. The number of carbonyl (C=O) groups excluding carboxylic acids is 1. The minimum absolute atomic E-state index is 0.0317. The Kier molecular flexibility index (Phi) is 5.10. The molecule has 0 saturated carbocycles. The van der Waals surface area contributed by atoms with Gasteiger partial charge in [-0.2, -0.15) is 18.3 Å². The van der Waals surface area contributed by atoms with Crippen molar-refractivity contribution in [1.29, 1.82) is 0 Å². The fourth-order valence-electron chi connectivity index (χ4n) is 3.96. The van der Waals surface area contributed by atoms with Crippen molar-refractivity contribution in [1.82, 2.24) is 24.2 Å². The van der Waals surface area contributed by atoms with Crippen LogP contribution in [0.4, 0.5) is 22.0 Å². The predicted octanol–water partition coefficient (Wildman–Crippen LogP) is 2.09. The average Bonchev–Trinajstić information content (AvgIpc) is 3.25. The third-order valence-corrected chi connectivity index (χ3v) is 5.42. The summed E-state index contributed by atoms with van der Waals surface area (Å²) in [5, 5.41) is 4.11. The van der Waals surface area contributed by atoms with Gasteiger partial charge in [-0.25, -0.2) is 23.2 Å². The van der Waals surface area contributed by atoms with E-state index in [1.54, 1.807) is 0 Å². The van der Waals surface area contributed by atoms with E-state index in [0.29, 0.717) is 25.1 Å². The van der Waals surface area contributed by atoms with Crippen molar-refractivity contribution in [2.45, 2.75) is 50.6 Å². The summed E-state index contributed by atoms with van der Waals surface area (Å²) in [6, 6.07) is 0.192. The number of aryl methyl sites for hydroxylation is 1. The normalized spacial score (nSPS) is 21.7. The fourth-order valence-corrected chi connectivity index (χ4v) is 3.96. The van der Waals surface area contributed by atoms with E-state index in [0.717, 1.165) is 16.9 Å². The molecule has 0 N–H and O–H groups in total. The van der Waals surface area contributed by atoms with Crippen LogP contribution in [0.15, 0.2) is 17.1 Å². The molecule has 30 heavy (non-hydrogen) atoms. The van der Waals surface area contributed by atoms with Gasteiger partial charge in [0.25, 0.3) is 0 Å². The molecule has 4 rings (SSSR count). The van der Waals surface area contributed by atoms with Crippen LogP contribution in [-0.2, 0) is 23.9 Å². The number of hydrogen-bond donors (Lipinski definition) is 0. The lowest BCUT2D eigenvalue weighted by Gasteiger charge is -2.26. The van der Waals surface area contributed by atoms with E-state index in [2.05, 4.69) is 10.1 Å². The Hall–Kier alpha value is -2.79. The number of carbonyl (C=O) groups is 1. The molecule has 0 radical (unpaired) electrons. The van der Waals surface area contributed by atoms with E-state index in [1.165, 1.54) is 9.47 Å². The summed E-state index contributed by atoms with van der Waals surface area (Å²) in [5.74, 6) is -1.65. The monoisotopic (exact) mass is 431 g/mol. The largest absolute Gasteiger partial charge is 0.436 e. The van der Waals surface area contributed by atoms with Crippen molar-refractivity contribution in [3.05, 3.63) is 45.6 Å². The Morgan fingerprint density at radius 1 is 1.27 bits per heavy atom. The maximum atomic E-state index is 14.3. The van der Waals surface area contributed by atoms with Crippen molar-refractivity contribution < 1.29 is 26.7 Å². The summed E-state index contributed by atoms with van der Waals surface area (Å²) in [5.41, 5.74) is -2.78. The third kappa shape index (κ3) is 3.58. The summed E-state index contributed by atoms with van der Waals surface area (Å²) in [4.78, 5) is 30.1. The van der Waals surface area contributed by atoms with Crippen LogP contribution in [0.5, 0.6) is 0 Å². The van der Waals surface area contributed by atoms with Crippen LogP contribution < -0.4 is 5.69 Å². The van der Waals surface area contributed by atoms with Gasteiger partial charge in [0, 0.05) is 24.7 Å². The van der Waals surface area contributed by atoms with Gasteiger partial charge in [-0.3, -0.25) is 9.36 Å². The van der Waals surface area contributed by atoms with Crippen molar-refractivity contribution in [2.24, 2.45) is 0 Å². The van der Waals surface area contributed by atoms with Crippen molar-refractivity contribution in [3.8, 4) is 0 Å².